The zero-order valence-corrected chi connectivity index (χ0v) is 19.0. The number of nitrogens with zero attached hydrogens (tertiary/aromatic N) is 3. The summed E-state index contributed by atoms with van der Waals surface area (Å²) in [7, 11) is 1.69. The normalized spacial score (nSPS) is 19.6. The van der Waals surface area contributed by atoms with Gasteiger partial charge in [-0.05, 0) is 49.8 Å². The molecule has 0 atom stereocenters. The second-order valence-corrected chi connectivity index (χ2v) is 7.21. The molecule has 0 bridgehead atoms. The number of carbonyl (C=O) groups excluding carboxylic acids is 1. The van der Waals surface area contributed by atoms with Crippen LogP contribution >= 0.6 is 11.6 Å². The number of aryl methyl sites for hydroxylation is 1. The molecule has 0 unspecified atom stereocenters. The number of hydrogen-bond donors (Lipinski definition) is 4. The van der Waals surface area contributed by atoms with Gasteiger partial charge in [0.25, 0.3) is 0 Å². The lowest BCUT2D eigenvalue weighted by Gasteiger charge is -2.15. The number of ether oxygens (including phenoxy) is 1. The highest BCUT2D eigenvalue weighted by atomic mass is 35.5. The molecule has 0 radical (unpaired) electrons. The van der Waals surface area contributed by atoms with E-state index < -0.39 is 5.97 Å². The molecule has 1 aliphatic heterocycles. The van der Waals surface area contributed by atoms with E-state index in [1.165, 1.54) is 29.1 Å². The van der Waals surface area contributed by atoms with Gasteiger partial charge >= 0.3 is 5.97 Å². The maximum absolute atomic E-state index is 13.4. The standard InChI is InChI=1S/C22H23ClFN7O2/c1-4-33-22(32)20-18(23)12(2)30-31(20)17-11-16(25)29-21(26)15(9-10-28-17)19(27-3)13-5-7-14(24)8-6-13/h5-11,27H,4,25H2,1-3H3,(H2,26,29)/b10-9-,16-11+,19-15-,28-17+. The molecule has 0 saturated carbocycles. The molecule has 172 valence electrons. The summed E-state index contributed by atoms with van der Waals surface area (Å²) >= 11 is 6.29. The van der Waals surface area contributed by atoms with Crippen LogP contribution in [-0.4, -0.2) is 41.1 Å². The van der Waals surface area contributed by atoms with Crippen LogP contribution in [0.25, 0.3) is 5.70 Å². The summed E-state index contributed by atoms with van der Waals surface area (Å²) in [5.41, 5.74) is 8.17. The maximum atomic E-state index is 13.4. The largest absolute Gasteiger partial charge is 0.461 e. The van der Waals surface area contributed by atoms with E-state index in [-0.39, 0.29) is 40.6 Å². The van der Waals surface area contributed by atoms with Gasteiger partial charge in [-0.15, -0.1) is 0 Å². The average Bonchev–Trinajstić information content (AvgIpc) is 3.10. The first-order chi connectivity index (χ1) is 15.8. The van der Waals surface area contributed by atoms with E-state index in [2.05, 4.69) is 20.7 Å². The molecule has 0 spiro atoms. The molecule has 5 N–H and O–H groups in total. The summed E-state index contributed by atoms with van der Waals surface area (Å²) < 4.78 is 19.7. The zero-order chi connectivity index (χ0) is 24.1. The van der Waals surface area contributed by atoms with E-state index in [1.807, 2.05) is 0 Å². The number of rotatable bonds is 4. The Kier molecular flexibility index (Phi) is 7.29. The summed E-state index contributed by atoms with van der Waals surface area (Å²) in [6.45, 7) is 3.49. The third-order valence-electron chi connectivity index (χ3n) is 4.60. The van der Waals surface area contributed by atoms with Crippen molar-refractivity contribution in [3.8, 4) is 0 Å². The van der Waals surface area contributed by atoms with Gasteiger partial charge in [0.1, 0.15) is 17.5 Å². The van der Waals surface area contributed by atoms with Crippen LogP contribution in [0.5, 0.6) is 0 Å². The van der Waals surface area contributed by atoms with Gasteiger partial charge < -0.3 is 21.1 Å². The molecular weight excluding hydrogens is 449 g/mol. The Morgan fingerprint density at radius 1 is 1.36 bits per heavy atom. The molecule has 0 fully saturated rings. The second kappa shape index (κ2) is 10.1. The van der Waals surface area contributed by atoms with Crippen LogP contribution in [0.1, 0.15) is 28.7 Å². The molecule has 1 aromatic carbocycles. The number of aliphatic imine (C=N–C) groups is 1. The fourth-order valence-electron chi connectivity index (χ4n) is 3.12. The Labute approximate surface area is 195 Å². The predicted octanol–water partition coefficient (Wildman–Crippen LogP) is 2.93. The minimum absolute atomic E-state index is 0.0135. The lowest BCUT2D eigenvalue weighted by Crippen LogP contribution is -2.30. The van der Waals surface area contributed by atoms with Gasteiger partial charge in [-0.2, -0.15) is 5.10 Å². The minimum Gasteiger partial charge on any atom is -0.461 e. The lowest BCUT2D eigenvalue weighted by molar-refractivity contribution is 0.0517. The molecule has 33 heavy (non-hydrogen) atoms. The molecular formula is C22H23ClFN7O2. The van der Waals surface area contributed by atoms with Crippen LogP contribution < -0.4 is 16.4 Å². The summed E-state index contributed by atoms with van der Waals surface area (Å²) in [5, 5.41) is 18.7. The van der Waals surface area contributed by atoms with Crippen molar-refractivity contribution in [3.63, 3.8) is 0 Å². The first-order valence-corrected chi connectivity index (χ1v) is 10.3. The molecule has 2 heterocycles. The van der Waals surface area contributed by atoms with Crippen molar-refractivity contribution in [1.29, 1.82) is 5.41 Å². The van der Waals surface area contributed by atoms with Crippen LogP contribution in [0.2, 0.25) is 5.02 Å². The van der Waals surface area contributed by atoms with Crippen LogP contribution in [0.4, 0.5) is 4.39 Å². The SMILES string of the molecule is CCOC(=O)c1c(Cl)c(C)nn1C1=N/C=C\C(=C(\NC)c2ccc(F)cc2)C(=N)N\C(N)=C\1. The number of aromatic nitrogens is 2. The number of nitrogens with one attached hydrogen (secondary N) is 3. The number of carbonyl (C=O) groups is 1. The number of halogens is 2. The Bertz CT molecular complexity index is 1210. The van der Waals surface area contributed by atoms with Crippen LogP contribution in [0, 0.1) is 18.2 Å². The lowest BCUT2D eigenvalue weighted by atomic mass is 10.0. The highest BCUT2D eigenvalue weighted by molar-refractivity contribution is 6.34. The number of benzene rings is 1. The minimum atomic E-state index is -0.656. The molecule has 0 saturated heterocycles. The Balaban J connectivity index is 2.14. The highest BCUT2D eigenvalue weighted by Crippen LogP contribution is 2.22. The van der Waals surface area contributed by atoms with Gasteiger partial charge in [-0.1, -0.05) is 11.6 Å². The van der Waals surface area contributed by atoms with Gasteiger partial charge in [0.2, 0.25) is 0 Å². The molecule has 2 aromatic rings. The fraction of sp³-hybridized carbons (Fsp3) is 0.182. The first-order valence-electron chi connectivity index (χ1n) is 9.94. The smallest absolute Gasteiger partial charge is 0.358 e. The number of hydrogen-bond acceptors (Lipinski definition) is 7. The molecule has 0 aliphatic carbocycles. The quantitative estimate of drug-likeness (QED) is 0.507. The van der Waals surface area contributed by atoms with Gasteiger partial charge in [0.15, 0.2) is 11.5 Å². The number of allylic oxidation sites excluding steroid dienone is 1. The van der Waals surface area contributed by atoms with E-state index >= 15 is 0 Å². The van der Waals surface area contributed by atoms with Crippen molar-refractivity contribution in [2.75, 3.05) is 13.7 Å². The summed E-state index contributed by atoms with van der Waals surface area (Å²) in [4.78, 5) is 16.9. The number of esters is 1. The summed E-state index contributed by atoms with van der Waals surface area (Å²) in [5.74, 6) is -0.795. The monoisotopic (exact) mass is 471 g/mol. The average molecular weight is 472 g/mol. The maximum Gasteiger partial charge on any atom is 0.358 e. The van der Waals surface area contributed by atoms with E-state index in [1.54, 1.807) is 39.1 Å². The third-order valence-corrected chi connectivity index (χ3v) is 5.05. The van der Waals surface area contributed by atoms with Crippen molar-refractivity contribution in [2.45, 2.75) is 13.8 Å². The number of nitrogens with two attached hydrogens (primary N) is 1. The van der Waals surface area contributed by atoms with Crippen molar-refractivity contribution in [3.05, 3.63) is 81.8 Å². The molecule has 1 aromatic heterocycles. The van der Waals surface area contributed by atoms with E-state index in [4.69, 9.17) is 27.5 Å². The van der Waals surface area contributed by atoms with E-state index in [0.29, 0.717) is 22.5 Å². The van der Waals surface area contributed by atoms with E-state index in [0.717, 1.165) is 0 Å². The van der Waals surface area contributed by atoms with Gasteiger partial charge in [0, 0.05) is 24.9 Å². The van der Waals surface area contributed by atoms with Crippen molar-refractivity contribution < 1.29 is 13.9 Å². The molecule has 11 heteroatoms. The summed E-state index contributed by atoms with van der Waals surface area (Å²) in [6.07, 6.45) is 4.44. The molecule has 0 amide bonds. The second-order valence-electron chi connectivity index (χ2n) is 6.83. The van der Waals surface area contributed by atoms with Crippen molar-refractivity contribution in [2.24, 2.45) is 10.7 Å². The molecule has 1 aliphatic rings. The molecule has 9 nitrogen and oxygen atoms in total. The Hall–Kier alpha value is -3.92. The van der Waals surface area contributed by atoms with Crippen molar-refractivity contribution in [1.82, 2.24) is 20.4 Å². The predicted molar refractivity (Wildman–Crippen MR) is 125 cm³/mol. The van der Waals surface area contributed by atoms with Crippen LogP contribution in [0.15, 0.2) is 59.0 Å². The van der Waals surface area contributed by atoms with Crippen LogP contribution in [-0.2, 0) is 4.74 Å². The zero-order valence-electron chi connectivity index (χ0n) is 18.2. The van der Waals surface area contributed by atoms with Gasteiger partial charge in [-0.25, -0.2) is 18.9 Å². The Morgan fingerprint density at radius 3 is 2.70 bits per heavy atom. The first kappa shape index (κ1) is 23.7. The molecule has 3 rings (SSSR count). The van der Waals surface area contributed by atoms with E-state index in [9.17, 15) is 9.18 Å². The number of amidine groups is 1. The summed E-state index contributed by atoms with van der Waals surface area (Å²) in [6, 6.07) is 5.84. The van der Waals surface area contributed by atoms with Gasteiger partial charge in [-0.3, -0.25) is 5.41 Å². The van der Waals surface area contributed by atoms with Crippen molar-refractivity contribution >= 4 is 34.9 Å². The third kappa shape index (κ3) is 5.12. The fourth-order valence-corrected chi connectivity index (χ4v) is 3.32. The van der Waals surface area contributed by atoms with Gasteiger partial charge in [0.05, 0.1) is 23.0 Å². The highest BCUT2D eigenvalue weighted by Gasteiger charge is 2.24. The Morgan fingerprint density at radius 2 is 2.06 bits per heavy atom. The van der Waals surface area contributed by atoms with Crippen LogP contribution in [0.3, 0.4) is 0 Å². The topological polar surface area (TPSA) is 130 Å².